The average molecular weight is 488 g/mol. The molecule has 1 saturated heterocycles. The lowest BCUT2D eigenvalue weighted by atomic mass is 9.99. The van der Waals surface area contributed by atoms with E-state index in [1.807, 2.05) is 12.1 Å². The van der Waals surface area contributed by atoms with Gasteiger partial charge in [-0.05, 0) is 61.9 Å². The largest absolute Gasteiger partial charge is 0.482 e. The van der Waals surface area contributed by atoms with Crippen LogP contribution in [0.2, 0.25) is 0 Å². The Morgan fingerprint density at radius 2 is 1.58 bits per heavy atom. The molecule has 0 bridgehead atoms. The van der Waals surface area contributed by atoms with Crippen molar-refractivity contribution in [1.29, 1.82) is 0 Å². The Hall–Kier alpha value is -3.15. The van der Waals surface area contributed by atoms with Gasteiger partial charge in [-0.3, -0.25) is 0 Å². The van der Waals surface area contributed by atoms with Crippen LogP contribution in [0.3, 0.4) is 0 Å². The van der Waals surface area contributed by atoms with Gasteiger partial charge >= 0.3 is 5.97 Å². The molecule has 0 radical (unpaired) electrons. The molecule has 0 spiro atoms. The molecule has 1 aliphatic heterocycles. The molecule has 5 nitrogen and oxygen atoms in total. The van der Waals surface area contributed by atoms with Gasteiger partial charge in [0, 0.05) is 19.6 Å². The number of carbonyl (C=O) groups is 1. The monoisotopic (exact) mass is 487 g/mol. The first kappa shape index (κ1) is 25.9. The Morgan fingerprint density at radius 1 is 0.917 bits per heavy atom. The van der Waals surface area contributed by atoms with E-state index in [1.165, 1.54) is 22.3 Å². The molecule has 1 fully saturated rings. The number of benzene rings is 3. The highest BCUT2D eigenvalue weighted by Gasteiger charge is 2.24. The van der Waals surface area contributed by atoms with E-state index in [0.717, 1.165) is 38.9 Å². The zero-order chi connectivity index (χ0) is 25.2. The third-order valence-corrected chi connectivity index (χ3v) is 6.65. The molecule has 0 aromatic heterocycles. The SMILES string of the molecule is CCOC(=O)COc1ccc(CCN2CCC(OC(c3ccccc3)c3ccc(C)cc3)CC2)cc1. The van der Waals surface area contributed by atoms with Gasteiger partial charge in [0.2, 0.25) is 0 Å². The van der Waals surface area contributed by atoms with Crippen molar-refractivity contribution in [2.45, 2.75) is 45.3 Å². The number of likely N-dealkylation sites (tertiary alicyclic amines) is 1. The first-order chi connectivity index (χ1) is 17.6. The summed E-state index contributed by atoms with van der Waals surface area (Å²) in [7, 11) is 0. The maximum absolute atomic E-state index is 11.4. The van der Waals surface area contributed by atoms with Crippen LogP contribution in [0.1, 0.15) is 48.1 Å². The summed E-state index contributed by atoms with van der Waals surface area (Å²) in [5, 5.41) is 0. The Labute approximate surface area is 215 Å². The van der Waals surface area contributed by atoms with Gasteiger partial charge in [0.1, 0.15) is 11.9 Å². The van der Waals surface area contributed by atoms with Gasteiger partial charge < -0.3 is 19.1 Å². The van der Waals surface area contributed by atoms with Gasteiger partial charge in [-0.25, -0.2) is 4.79 Å². The number of esters is 1. The fourth-order valence-corrected chi connectivity index (χ4v) is 4.56. The summed E-state index contributed by atoms with van der Waals surface area (Å²) in [5.74, 6) is 0.342. The van der Waals surface area contributed by atoms with E-state index in [0.29, 0.717) is 12.4 Å². The smallest absolute Gasteiger partial charge is 0.344 e. The minimum atomic E-state index is -0.345. The third-order valence-electron chi connectivity index (χ3n) is 6.65. The van der Waals surface area contributed by atoms with Crippen molar-refractivity contribution in [2.24, 2.45) is 0 Å². The number of aryl methyl sites for hydroxylation is 1. The fraction of sp³-hybridized carbons (Fsp3) is 0.387. The molecule has 0 amide bonds. The standard InChI is InChI=1S/C31H37NO4/c1-3-34-30(33)23-35-28-15-11-25(12-16-28)17-20-32-21-18-29(19-22-32)36-31(26-7-5-4-6-8-26)27-13-9-24(2)10-14-27/h4-16,29,31H,3,17-23H2,1-2H3. The molecule has 36 heavy (non-hydrogen) atoms. The summed E-state index contributed by atoms with van der Waals surface area (Å²) in [6.07, 6.45) is 3.28. The van der Waals surface area contributed by atoms with E-state index in [2.05, 4.69) is 78.6 Å². The predicted molar refractivity (Wildman–Crippen MR) is 142 cm³/mol. The summed E-state index contributed by atoms with van der Waals surface area (Å²) in [5.41, 5.74) is 4.94. The summed E-state index contributed by atoms with van der Waals surface area (Å²) in [6.45, 7) is 7.32. The highest BCUT2D eigenvalue weighted by molar-refractivity contribution is 5.71. The molecule has 3 aromatic rings. The van der Waals surface area contributed by atoms with Crippen LogP contribution in [0.15, 0.2) is 78.9 Å². The lowest BCUT2D eigenvalue weighted by molar-refractivity contribution is -0.145. The van der Waals surface area contributed by atoms with Crippen molar-refractivity contribution < 1.29 is 19.0 Å². The topological polar surface area (TPSA) is 48.0 Å². The van der Waals surface area contributed by atoms with Gasteiger partial charge in [0.15, 0.2) is 6.61 Å². The number of piperidine rings is 1. The molecule has 1 atom stereocenters. The number of rotatable bonds is 11. The van der Waals surface area contributed by atoms with Gasteiger partial charge in [0.05, 0.1) is 12.7 Å². The number of carbonyl (C=O) groups excluding carboxylic acids is 1. The molecule has 1 heterocycles. The summed E-state index contributed by atoms with van der Waals surface area (Å²) < 4.78 is 17.1. The minimum absolute atomic E-state index is 0.0343. The second-order valence-corrected chi connectivity index (χ2v) is 9.37. The summed E-state index contributed by atoms with van der Waals surface area (Å²) >= 11 is 0. The zero-order valence-electron chi connectivity index (χ0n) is 21.4. The van der Waals surface area contributed by atoms with Crippen LogP contribution in [-0.2, 0) is 20.7 Å². The van der Waals surface area contributed by atoms with E-state index in [-0.39, 0.29) is 24.8 Å². The van der Waals surface area contributed by atoms with Gasteiger partial charge in [-0.15, -0.1) is 0 Å². The Kier molecular flexibility index (Phi) is 9.54. The Balaban J connectivity index is 1.24. The molecular weight excluding hydrogens is 450 g/mol. The Bertz CT molecular complexity index is 1060. The van der Waals surface area contributed by atoms with E-state index in [1.54, 1.807) is 6.92 Å². The van der Waals surface area contributed by atoms with Crippen molar-refractivity contribution in [2.75, 3.05) is 32.8 Å². The molecule has 4 rings (SSSR count). The lowest BCUT2D eigenvalue weighted by Gasteiger charge is -2.34. The molecule has 3 aromatic carbocycles. The maximum atomic E-state index is 11.4. The molecule has 0 aliphatic carbocycles. The van der Waals surface area contributed by atoms with Crippen LogP contribution in [-0.4, -0.2) is 49.8 Å². The lowest BCUT2D eigenvalue weighted by Crippen LogP contribution is -2.38. The van der Waals surface area contributed by atoms with Crippen molar-refractivity contribution in [1.82, 2.24) is 4.90 Å². The molecule has 0 saturated carbocycles. The second kappa shape index (κ2) is 13.2. The van der Waals surface area contributed by atoms with E-state index in [4.69, 9.17) is 14.2 Å². The zero-order valence-corrected chi connectivity index (χ0v) is 21.4. The van der Waals surface area contributed by atoms with Crippen LogP contribution in [0.4, 0.5) is 0 Å². The number of hydrogen-bond acceptors (Lipinski definition) is 5. The molecule has 1 unspecified atom stereocenters. The van der Waals surface area contributed by atoms with Crippen molar-refractivity contribution in [3.05, 3.63) is 101 Å². The molecule has 0 N–H and O–H groups in total. The maximum Gasteiger partial charge on any atom is 0.344 e. The first-order valence-corrected chi connectivity index (χ1v) is 13.0. The van der Waals surface area contributed by atoms with E-state index < -0.39 is 0 Å². The quantitative estimate of drug-likeness (QED) is 0.322. The normalized spacial score (nSPS) is 15.4. The number of ether oxygens (including phenoxy) is 3. The number of nitrogens with zero attached hydrogens (tertiary/aromatic N) is 1. The average Bonchev–Trinajstić information content (AvgIpc) is 2.92. The van der Waals surface area contributed by atoms with Crippen molar-refractivity contribution >= 4 is 5.97 Å². The minimum Gasteiger partial charge on any atom is -0.482 e. The van der Waals surface area contributed by atoms with Gasteiger partial charge in [-0.2, -0.15) is 0 Å². The highest BCUT2D eigenvalue weighted by atomic mass is 16.6. The van der Waals surface area contributed by atoms with E-state index in [9.17, 15) is 4.79 Å². The molecular formula is C31H37NO4. The van der Waals surface area contributed by atoms with Gasteiger partial charge in [0.25, 0.3) is 0 Å². The van der Waals surface area contributed by atoms with Crippen LogP contribution in [0.5, 0.6) is 5.75 Å². The highest BCUT2D eigenvalue weighted by Crippen LogP contribution is 2.30. The summed E-state index contributed by atoms with van der Waals surface area (Å²) in [4.78, 5) is 14.0. The molecule has 190 valence electrons. The van der Waals surface area contributed by atoms with E-state index >= 15 is 0 Å². The predicted octanol–water partition coefficient (Wildman–Crippen LogP) is 5.75. The molecule has 1 aliphatic rings. The van der Waals surface area contributed by atoms with Crippen LogP contribution < -0.4 is 4.74 Å². The number of hydrogen-bond donors (Lipinski definition) is 0. The second-order valence-electron chi connectivity index (χ2n) is 9.37. The fourth-order valence-electron chi connectivity index (χ4n) is 4.56. The van der Waals surface area contributed by atoms with Crippen LogP contribution in [0.25, 0.3) is 0 Å². The van der Waals surface area contributed by atoms with Crippen molar-refractivity contribution in [3.8, 4) is 5.75 Å². The first-order valence-electron chi connectivity index (χ1n) is 13.0. The Morgan fingerprint density at radius 3 is 2.25 bits per heavy atom. The summed E-state index contributed by atoms with van der Waals surface area (Å²) in [6, 6.07) is 27.2. The van der Waals surface area contributed by atoms with Crippen molar-refractivity contribution in [3.63, 3.8) is 0 Å². The third kappa shape index (κ3) is 7.67. The van der Waals surface area contributed by atoms with Crippen LogP contribution >= 0.6 is 0 Å². The van der Waals surface area contributed by atoms with Gasteiger partial charge in [-0.1, -0.05) is 72.3 Å². The molecule has 5 heteroatoms. The van der Waals surface area contributed by atoms with Crippen LogP contribution in [0, 0.1) is 6.92 Å².